The second-order valence-corrected chi connectivity index (χ2v) is 4.60. The molecule has 1 aromatic carbocycles. The van der Waals surface area contributed by atoms with Gasteiger partial charge in [0.25, 0.3) is 5.91 Å². The fraction of sp³-hybridized carbons (Fsp3) is 0.308. The number of nitrogens with zero attached hydrogens (tertiary/aromatic N) is 1. The molecule has 1 fully saturated rings. The lowest BCUT2D eigenvalue weighted by Crippen LogP contribution is -2.36. The first kappa shape index (κ1) is 12.1. The predicted octanol–water partition coefficient (Wildman–Crippen LogP) is 3.27. The molecule has 2 nitrogen and oxygen atoms in total. The van der Waals surface area contributed by atoms with E-state index in [-0.39, 0.29) is 11.5 Å². The highest BCUT2D eigenvalue weighted by atomic mass is 35.5. The minimum atomic E-state index is -0.563. The van der Waals surface area contributed by atoms with Crippen molar-refractivity contribution in [3.05, 3.63) is 46.8 Å². The van der Waals surface area contributed by atoms with Gasteiger partial charge in [0.15, 0.2) is 0 Å². The quantitative estimate of drug-likeness (QED) is 0.704. The molecule has 1 saturated heterocycles. The predicted molar refractivity (Wildman–Crippen MR) is 65.7 cm³/mol. The van der Waals surface area contributed by atoms with Gasteiger partial charge in [-0.15, -0.1) is 0 Å². The van der Waals surface area contributed by atoms with Crippen molar-refractivity contribution in [2.75, 3.05) is 13.1 Å². The van der Waals surface area contributed by atoms with E-state index in [9.17, 15) is 9.18 Å². The first-order valence-electron chi connectivity index (χ1n) is 5.49. The average molecular weight is 254 g/mol. The lowest BCUT2D eigenvalue weighted by molar-refractivity contribution is 0.0739. The van der Waals surface area contributed by atoms with Crippen LogP contribution in [0, 0.1) is 5.82 Å². The summed E-state index contributed by atoms with van der Waals surface area (Å²) in [5.74, 6) is -0.835. The third-order valence-electron chi connectivity index (χ3n) is 2.92. The Morgan fingerprint density at radius 2 is 2.00 bits per heavy atom. The molecule has 0 unspecified atom stereocenters. The molecule has 0 N–H and O–H groups in total. The second-order valence-electron chi connectivity index (χ2n) is 4.17. The van der Waals surface area contributed by atoms with Crippen LogP contribution in [0.25, 0.3) is 0 Å². The number of carbonyl (C=O) groups excluding carboxylic acids is 1. The van der Waals surface area contributed by atoms with Crippen LogP contribution in [0.4, 0.5) is 4.39 Å². The second kappa shape index (κ2) is 4.88. The fourth-order valence-electron chi connectivity index (χ4n) is 1.86. The maximum atomic E-state index is 13.6. The highest BCUT2D eigenvalue weighted by molar-refractivity contribution is 6.30. The summed E-state index contributed by atoms with van der Waals surface area (Å²) in [6.45, 7) is 5.10. The number of likely N-dealkylation sites (tertiary alicyclic amines) is 1. The monoisotopic (exact) mass is 253 g/mol. The molecule has 90 valence electrons. The van der Waals surface area contributed by atoms with E-state index in [2.05, 4.69) is 6.58 Å². The van der Waals surface area contributed by atoms with Gasteiger partial charge in [0.1, 0.15) is 5.82 Å². The fourth-order valence-corrected chi connectivity index (χ4v) is 2.02. The molecule has 0 atom stereocenters. The number of carbonyl (C=O) groups is 1. The summed E-state index contributed by atoms with van der Waals surface area (Å²) in [5.41, 5.74) is 1.23. The smallest absolute Gasteiger partial charge is 0.256 e. The van der Waals surface area contributed by atoms with Gasteiger partial charge in [0.2, 0.25) is 0 Å². The lowest BCUT2D eigenvalue weighted by Gasteiger charge is -2.28. The first-order valence-corrected chi connectivity index (χ1v) is 5.86. The standard InChI is InChI=1S/C13H13ClFNO/c1-9-4-6-16(7-5-9)13(17)11-3-2-10(14)8-12(11)15/h2-3,8H,1,4-7H2. The van der Waals surface area contributed by atoms with Crippen LogP contribution in [0.15, 0.2) is 30.4 Å². The van der Waals surface area contributed by atoms with Crippen molar-refractivity contribution in [2.45, 2.75) is 12.8 Å². The van der Waals surface area contributed by atoms with Crippen molar-refractivity contribution in [1.29, 1.82) is 0 Å². The van der Waals surface area contributed by atoms with E-state index in [0.29, 0.717) is 18.1 Å². The molecule has 1 amide bonds. The van der Waals surface area contributed by atoms with Crippen LogP contribution < -0.4 is 0 Å². The molecule has 0 bridgehead atoms. The number of hydrogen-bond acceptors (Lipinski definition) is 1. The molecular formula is C13H13ClFNO. The molecule has 2 rings (SSSR count). The van der Waals surface area contributed by atoms with Crippen molar-refractivity contribution in [2.24, 2.45) is 0 Å². The minimum absolute atomic E-state index is 0.0851. The Bertz CT molecular complexity index is 462. The molecule has 17 heavy (non-hydrogen) atoms. The summed E-state index contributed by atoms with van der Waals surface area (Å²) in [4.78, 5) is 13.7. The zero-order chi connectivity index (χ0) is 12.4. The molecule has 0 spiro atoms. The van der Waals surface area contributed by atoms with Gasteiger partial charge < -0.3 is 4.90 Å². The van der Waals surface area contributed by atoms with Crippen LogP contribution in [0.1, 0.15) is 23.2 Å². The SMILES string of the molecule is C=C1CCN(C(=O)c2ccc(Cl)cc2F)CC1. The number of halogens is 2. The highest BCUT2D eigenvalue weighted by Crippen LogP contribution is 2.20. The maximum absolute atomic E-state index is 13.6. The van der Waals surface area contributed by atoms with E-state index in [1.54, 1.807) is 4.90 Å². The van der Waals surface area contributed by atoms with Gasteiger partial charge in [-0.25, -0.2) is 4.39 Å². The van der Waals surface area contributed by atoms with Crippen LogP contribution in [-0.4, -0.2) is 23.9 Å². The largest absolute Gasteiger partial charge is 0.338 e. The van der Waals surface area contributed by atoms with E-state index >= 15 is 0 Å². The Balaban J connectivity index is 2.16. The molecule has 0 aliphatic carbocycles. The molecule has 1 aliphatic heterocycles. The van der Waals surface area contributed by atoms with Crippen LogP contribution in [0.3, 0.4) is 0 Å². The number of hydrogen-bond donors (Lipinski definition) is 0. The number of amides is 1. The van der Waals surface area contributed by atoms with Crippen molar-refractivity contribution < 1.29 is 9.18 Å². The van der Waals surface area contributed by atoms with Crippen molar-refractivity contribution >= 4 is 17.5 Å². The lowest BCUT2D eigenvalue weighted by atomic mass is 10.0. The molecule has 1 aromatic rings. The van der Waals surface area contributed by atoms with Crippen LogP contribution >= 0.6 is 11.6 Å². The van der Waals surface area contributed by atoms with Crippen molar-refractivity contribution in [1.82, 2.24) is 4.90 Å². The van der Waals surface area contributed by atoms with Gasteiger partial charge in [0.05, 0.1) is 5.56 Å². The zero-order valence-corrected chi connectivity index (χ0v) is 10.1. The van der Waals surface area contributed by atoms with Gasteiger partial charge in [-0.3, -0.25) is 4.79 Å². The molecule has 0 saturated carbocycles. The third kappa shape index (κ3) is 2.67. The summed E-state index contributed by atoms with van der Waals surface area (Å²) in [6.07, 6.45) is 1.59. The number of rotatable bonds is 1. The molecule has 1 heterocycles. The summed E-state index contributed by atoms with van der Waals surface area (Å²) >= 11 is 5.65. The van der Waals surface area contributed by atoms with E-state index in [1.165, 1.54) is 12.1 Å². The Morgan fingerprint density at radius 1 is 1.35 bits per heavy atom. The van der Waals surface area contributed by atoms with Crippen LogP contribution in [0.2, 0.25) is 5.02 Å². The Kier molecular flexibility index (Phi) is 3.48. The minimum Gasteiger partial charge on any atom is -0.338 e. The van der Waals surface area contributed by atoms with E-state index in [4.69, 9.17) is 11.6 Å². The van der Waals surface area contributed by atoms with Gasteiger partial charge >= 0.3 is 0 Å². The molecule has 4 heteroatoms. The van der Waals surface area contributed by atoms with Crippen molar-refractivity contribution in [3.63, 3.8) is 0 Å². The molecule has 0 radical (unpaired) electrons. The first-order chi connectivity index (χ1) is 8.08. The topological polar surface area (TPSA) is 20.3 Å². The molecular weight excluding hydrogens is 241 g/mol. The summed E-state index contributed by atoms with van der Waals surface area (Å²) < 4.78 is 13.6. The average Bonchev–Trinajstić information content (AvgIpc) is 2.29. The van der Waals surface area contributed by atoms with E-state index in [0.717, 1.165) is 24.5 Å². The van der Waals surface area contributed by atoms with Crippen LogP contribution in [0.5, 0.6) is 0 Å². The molecule has 0 aromatic heterocycles. The Morgan fingerprint density at radius 3 is 2.59 bits per heavy atom. The zero-order valence-electron chi connectivity index (χ0n) is 9.38. The van der Waals surface area contributed by atoms with Gasteiger partial charge in [-0.2, -0.15) is 0 Å². The van der Waals surface area contributed by atoms with E-state index in [1.807, 2.05) is 0 Å². The van der Waals surface area contributed by atoms with Gasteiger partial charge in [-0.05, 0) is 31.0 Å². The Labute approximate surface area is 105 Å². The summed E-state index contributed by atoms with van der Waals surface area (Å²) in [7, 11) is 0. The summed E-state index contributed by atoms with van der Waals surface area (Å²) in [6, 6.07) is 4.13. The van der Waals surface area contributed by atoms with Crippen LogP contribution in [-0.2, 0) is 0 Å². The normalized spacial score (nSPS) is 16.1. The van der Waals surface area contributed by atoms with Crippen molar-refractivity contribution in [3.8, 4) is 0 Å². The number of piperidine rings is 1. The van der Waals surface area contributed by atoms with Gasteiger partial charge in [-0.1, -0.05) is 23.8 Å². The maximum Gasteiger partial charge on any atom is 0.256 e. The summed E-state index contributed by atoms with van der Waals surface area (Å²) in [5, 5.41) is 0.297. The molecule has 1 aliphatic rings. The highest BCUT2D eigenvalue weighted by Gasteiger charge is 2.21. The van der Waals surface area contributed by atoms with Gasteiger partial charge in [0, 0.05) is 18.1 Å². The third-order valence-corrected chi connectivity index (χ3v) is 3.15. The van der Waals surface area contributed by atoms with E-state index < -0.39 is 5.82 Å². The number of benzene rings is 1. The Hall–Kier alpha value is -1.35.